The lowest BCUT2D eigenvalue weighted by Crippen LogP contribution is -2.23. The second-order valence-electron chi connectivity index (χ2n) is 4.78. The molecule has 0 unspecified atom stereocenters. The molecular weight excluding hydrogens is 286 g/mol. The van der Waals surface area contributed by atoms with Gasteiger partial charge in [0.1, 0.15) is 5.76 Å². The van der Waals surface area contributed by atoms with E-state index in [0.29, 0.717) is 12.3 Å². The summed E-state index contributed by atoms with van der Waals surface area (Å²) in [6.45, 7) is 4.53. The lowest BCUT2D eigenvalue weighted by molar-refractivity contribution is 0.0924. The predicted molar refractivity (Wildman–Crippen MR) is 82.6 cm³/mol. The first-order valence-corrected chi connectivity index (χ1v) is 8.24. The van der Waals surface area contributed by atoms with E-state index in [-0.39, 0.29) is 17.4 Å². The molecule has 1 heterocycles. The van der Waals surface area contributed by atoms with Gasteiger partial charge < -0.3 is 9.73 Å². The monoisotopic (exact) mass is 305 g/mol. The third-order valence-electron chi connectivity index (χ3n) is 3.03. The maximum Gasteiger partial charge on any atom is 0.286 e. The number of aryl methyl sites for hydroxylation is 1. The van der Waals surface area contributed by atoms with Crippen LogP contribution in [-0.4, -0.2) is 16.7 Å². The van der Waals surface area contributed by atoms with Crippen LogP contribution >= 0.6 is 0 Å². The average Bonchev–Trinajstić information content (AvgIpc) is 2.93. The quantitative estimate of drug-likeness (QED) is 0.892. The number of benzene rings is 1. The zero-order valence-corrected chi connectivity index (χ0v) is 13.0. The minimum atomic E-state index is -1.18. The fraction of sp³-hybridized carbons (Fsp3) is 0.312. The molecule has 2 rings (SSSR count). The van der Waals surface area contributed by atoms with Gasteiger partial charge in [-0.05, 0) is 37.1 Å². The number of hydrogen-bond acceptors (Lipinski definition) is 3. The van der Waals surface area contributed by atoms with Gasteiger partial charge in [0, 0.05) is 11.4 Å². The van der Waals surface area contributed by atoms with E-state index in [2.05, 4.69) is 5.32 Å². The Labute approximate surface area is 127 Å². The highest BCUT2D eigenvalue weighted by molar-refractivity contribution is 7.84. The summed E-state index contributed by atoms with van der Waals surface area (Å²) >= 11 is 0. The van der Waals surface area contributed by atoms with Crippen LogP contribution in [0.5, 0.6) is 0 Å². The molecule has 4 nitrogen and oxygen atoms in total. The summed E-state index contributed by atoms with van der Waals surface area (Å²) in [4.78, 5) is 12.5. The van der Waals surface area contributed by atoms with Crippen molar-refractivity contribution in [3.05, 3.63) is 53.5 Å². The number of carbonyl (C=O) groups excluding carboxylic acids is 1. The normalized spacial score (nSPS) is 12.1. The smallest absolute Gasteiger partial charge is 0.286 e. The Bertz CT molecular complexity index is 648. The van der Waals surface area contributed by atoms with Gasteiger partial charge >= 0.3 is 0 Å². The Hall–Kier alpha value is -1.88. The number of nitrogens with one attached hydrogen (secondary N) is 1. The van der Waals surface area contributed by atoms with E-state index in [9.17, 15) is 9.00 Å². The van der Waals surface area contributed by atoms with Crippen molar-refractivity contribution < 1.29 is 13.4 Å². The lowest BCUT2D eigenvalue weighted by Gasteiger charge is -2.04. The molecule has 112 valence electrons. The van der Waals surface area contributed by atoms with E-state index < -0.39 is 10.8 Å². The average molecular weight is 305 g/mol. The van der Waals surface area contributed by atoms with Gasteiger partial charge in [0.2, 0.25) is 0 Å². The van der Waals surface area contributed by atoms with Crippen molar-refractivity contribution in [2.45, 2.75) is 30.9 Å². The Morgan fingerprint density at radius 3 is 2.71 bits per heavy atom. The first-order chi connectivity index (χ1) is 10.1. The molecule has 1 atom stereocenters. The van der Waals surface area contributed by atoms with Gasteiger partial charge in [0.15, 0.2) is 5.76 Å². The number of rotatable bonds is 6. The molecular formula is C16H19NO3S. The van der Waals surface area contributed by atoms with Crippen LogP contribution in [0.3, 0.4) is 0 Å². The molecule has 0 aliphatic rings. The number of furan rings is 1. The first kappa shape index (κ1) is 15.5. The third kappa shape index (κ3) is 4.04. The van der Waals surface area contributed by atoms with Gasteiger partial charge in [-0.2, -0.15) is 0 Å². The second-order valence-corrected chi connectivity index (χ2v) is 6.20. The van der Waals surface area contributed by atoms with Gasteiger partial charge in [0.25, 0.3) is 5.91 Å². The highest BCUT2D eigenvalue weighted by atomic mass is 32.2. The van der Waals surface area contributed by atoms with Gasteiger partial charge in [-0.15, -0.1) is 0 Å². The molecule has 1 aromatic heterocycles. The van der Waals surface area contributed by atoms with Gasteiger partial charge in [-0.25, -0.2) is 0 Å². The largest absolute Gasteiger partial charge is 0.455 e. The maximum absolute atomic E-state index is 12.3. The maximum atomic E-state index is 12.3. The van der Waals surface area contributed by atoms with Crippen molar-refractivity contribution in [1.29, 1.82) is 0 Å². The summed E-state index contributed by atoms with van der Waals surface area (Å²) in [7, 11) is -1.18. The predicted octanol–water partition coefficient (Wildman–Crippen LogP) is 3.04. The van der Waals surface area contributed by atoms with Crippen LogP contribution in [0.15, 0.2) is 45.7 Å². The second kappa shape index (κ2) is 7.22. The van der Waals surface area contributed by atoms with Crippen molar-refractivity contribution in [2.75, 3.05) is 6.54 Å². The molecule has 1 aromatic carbocycles. The number of amides is 1. The zero-order valence-electron chi connectivity index (χ0n) is 12.2. The Balaban J connectivity index is 2.04. The van der Waals surface area contributed by atoms with Crippen LogP contribution in [-0.2, 0) is 16.6 Å². The van der Waals surface area contributed by atoms with Crippen molar-refractivity contribution in [1.82, 2.24) is 5.32 Å². The topological polar surface area (TPSA) is 59.3 Å². The Kier molecular flexibility index (Phi) is 5.33. The highest BCUT2D eigenvalue weighted by Gasteiger charge is 2.14. The molecule has 0 saturated heterocycles. The molecule has 2 aromatic rings. The van der Waals surface area contributed by atoms with E-state index in [1.807, 2.05) is 38.1 Å². The molecule has 0 fully saturated rings. The molecule has 1 amide bonds. The fourth-order valence-electron chi connectivity index (χ4n) is 1.92. The summed E-state index contributed by atoms with van der Waals surface area (Å²) in [6, 6.07) is 10.9. The SMILES string of the molecule is CCCNC(=O)c1ccc(C[S@](=O)c2ccccc2C)o1. The van der Waals surface area contributed by atoms with Crippen molar-refractivity contribution in [3.8, 4) is 0 Å². The van der Waals surface area contributed by atoms with Crippen LogP contribution in [0.25, 0.3) is 0 Å². The van der Waals surface area contributed by atoms with E-state index >= 15 is 0 Å². The van der Waals surface area contributed by atoms with E-state index in [1.54, 1.807) is 12.1 Å². The fourth-order valence-corrected chi connectivity index (χ4v) is 3.15. The zero-order chi connectivity index (χ0) is 15.2. The van der Waals surface area contributed by atoms with Crippen molar-refractivity contribution >= 4 is 16.7 Å². The van der Waals surface area contributed by atoms with E-state index in [1.165, 1.54) is 0 Å². The van der Waals surface area contributed by atoms with Gasteiger partial charge in [-0.3, -0.25) is 9.00 Å². The highest BCUT2D eigenvalue weighted by Crippen LogP contribution is 2.17. The van der Waals surface area contributed by atoms with Crippen LogP contribution in [0, 0.1) is 6.92 Å². The summed E-state index contributed by atoms with van der Waals surface area (Å²) in [5.74, 6) is 0.856. The molecule has 0 bridgehead atoms. The number of hydrogen-bond donors (Lipinski definition) is 1. The van der Waals surface area contributed by atoms with Crippen LogP contribution in [0.4, 0.5) is 0 Å². The molecule has 5 heteroatoms. The third-order valence-corrected chi connectivity index (χ3v) is 4.53. The van der Waals surface area contributed by atoms with E-state index in [0.717, 1.165) is 16.9 Å². The molecule has 1 N–H and O–H groups in total. The first-order valence-electron chi connectivity index (χ1n) is 6.92. The minimum Gasteiger partial charge on any atom is -0.455 e. The Morgan fingerprint density at radius 2 is 2.00 bits per heavy atom. The van der Waals surface area contributed by atoms with Crippen LogP contribution in [0.1, 0.15) is 35.2 Å². The van der Waals surface area contributed by atoms with Crippen molar-refractivity contribution in [2.24, 2.45) is 0 Å². The molecule has 0 aliphatic heterocycles. The molecule has 0 saturated carbocycles. The van der Waals surface area contributed by atoms with Crippen molar-refractivity contribution in [3.63, 3.8) is 0 Å². The standard InChI is InChI=1S/C16H19NO3S/c1-3-10-17-16(18)14-9-8-13(20-14)11-21(19)15-7-5-4-6-12(15)2/h4-9H,3,10-11H2,1-2H3,(H,17,18)/t21-/m0/s1. The molecule has 0 radical (unpaired) electrons. The summed E-state index contributed by atoms with van der Waals surface area (Å²) in [6.07, 6.45) is 0.872. The van der Waals surface area contributed by atoms with Gasteiger partial charge in [-0.1, -0.05) is 25.1 Å². The van der Waals surface area contributed by atoms with E-state index in [4.69, 9.17) is 4.42 Å². The van der Waals surface area contributed by atoms with Crippen LogP contribution < -0.4 is 5.32 Å². The van der Waals surface area contributed by atoms with Gasteiger partial charge in [0.05, 0.1) is 16.6 Å². The molecule has 0 spiro atoms. The minimum absolute atomic E-state index is 0.232. The molecule has 0 aliphatic carbocycles. The number of carbonyl (C=O) groups is 1. The Morgan fingerprint density at radius 1 is 1.24 bits per heavy atom. The summed E-state index contributed by atoms with van der Waals surface area (Å²) in [5, 5.41) is 2.75. The lowest BCUT2D eigenvalue weighted by atomic mass is 10.2. The summed E-state index contributed by atoms with van der Waals surface area (Å²) in [5.41, 5.74) is 0.989. The van der Waals surface area contributed by atoms with Crippen LogP contribution in [0.2, 0.25) is 0 Å². The molecule has 21 heavy (non-hydrogen) atoms. The summed E-state index contributed by atoms with van der Waals surface area (Å²) < 4.78 is 17.8.